The minimum absolute atomic E-state index is 0.753. The van der Waals surface area contributed by atoms with Crippen molar-refractivity contribution in [2.24, 2.45) is 0 Å². The van der Waals surface area contributed by atoms with Gasteiger partial charge in [-0.25, -0.2) is 0 Å². The lowest BCUT2D eigenvalue weighted by Gasteiger charge is -2.43. The fourth-order valence-corrected chi connectivity index (χ4v) is 14.2. The van der Waals surface area contributed by atoms with Crippen molar-refractivity contribution in [3.8, 4) is 0 Å². The number of benzene rings is 1. The lowest BCUT2D eigenvalue weighted by molar-refractivity contribution is 0.254. The summed E-state index contributed by atoms with van der Waals surface area (Å²) in [6.07, 6.45) is 2.63. The van der Waals surface area contributed by atoms with Crippen LogP contribution in [-0.2, 0) is 0 Å². The Labute approximate surface area is 155 Å². The third-order valence-electron chi connectivity index (χ3n) is 6.07. The quantitative estimate of drug-likeness (QED) is 0.513. The Bertz CT molecular complexity index is 497. The highest BCUT2D eigenvalue weighted by Crippen LogP contribution is 2.53. The molecule has 1 nitrogen and oxygen atoms in total. The van der Waals surface area contributed by atoms with E-state index in [0.29, 0.717) is 0 Å². The highest BCUT2D eigenvalue weighted by Gasteiger charge is 2.44. The van der Waals surface area contributed by atoms with Gasteiger partial charge < -0.3 is 4.90 Å². The lowest BCUT2D eigenvalue weighted by atomic mass is 9.90. The second-order valence-electron chi connectivity index (χ2n) is 8.54. The standard InChI is InChI=1S/C21H37NSSi/c1-16(2)24(17(3)4,18(5)6)23-21-11-9-8-10-20(21)19-12-14-22(7)15-13-19/h8-11,16-19H,12-15H2,1-7H3. The van der Waals surface area contributed by atoms with Gasteiger partial charge in [-0.15, -0.1) is 11.2 Å². The minimum atomic E-state index is -1.47. The minimum Gasteiger partial charge on any atom is -0.306 e. The zero-order valence-corrected chi connectivity index (χ0v) is 18.6. The zero-order valence-electron chi connectivity index (χ0n) is 16.8. The Kier molecular flexibility index (Phi) is 7.04. The van der Waals surface area contributed by atoms with Crippen LogP contribution in [-0.4, -0.2) is 32.3 Å². The van der Waals surface area contributed by atoms with E-state index in [2.05, 4.69) is 89.0 Å². The fraction of sp³-hybridized carbons (Fsp3) is 0.714. The van der Waals surface area contributed by atoms with E-state index < -0.39 is 7.22 Å². The molecule has 0 aliphatic carbocycles. The molecule has 1 aromatic rings. The smallest absolute Gasteiger partial charge is 0.131 e. The highest BCUT2D eigenvalue weighted by molar-refractivity contribution is 8.29. The lowest BCUT2D eigenvalue weighted by Crippen LogP contribution is -2.41. The van der Waals surface area contributed by atoms with E-state index in [-0.39, 0.29) is 0 Å². The predicted octanol–water partition coefficient (Wildman–Crippen LogP) is 6.76. The summed E-state index contributed by atoms with van der Waals surface area (Å²) in [5.74, 6) is 0.753. The van der Waals surface area contributed by atoms with Crippen molar-refractivity contribution in [1.82, 2.24) is 4.90 Å². The van der Waals surface area contributed by atoms with E-state index in [1.54, 1.807) is 10.5 Å². The van der Waals surface area contributed by atoms with Crippen LogP contribution in [0.15, 0.2) is 29.2 Å². The molecule has 0 bridgehead atoms. The van der Waals surface area contributed by atoms with Gasteiger partial charge in [-0.2, -0.15) is 0 Å². The second kappa shape index (κ2) is 8.42. The molecular formula is C21H37NSSi. The van der Waals surface area contributed by atoms with Crippen molar-refractivity contribution < 1.29 is 0 Å². The van der Waals surface area contributed by atoms with Gasteiger partial charge in [0.25, 0.3) is 0 Å². The molecule has 0 unspecified atom stereocenters. The summed E-state index contributed by atoms with van der Waals surface area (Å²) in [5.41, 5.74) is 4.03. The van der Waals surface area contributed by atoms with Gasteiger partial charge in [0.05, 0.1) is 0 Å². The first-order chi connectivity index (χ1) is 11.3. The Morgan fingerprint density at radius 3 is 1.92 bits per heavy atom. The molecule has 0 N–H and O–H groups in total. The van der Waals surface area contributed by atoms with Crippen LogP contribution in [0.4, 0.5) is 0 Å². The first-order valence-corrected chi connectivity index (χ1v) is 13.5. The van der Waals surface area contributed by atoms with Gasteiger partial charge in [0.1, 0.15) is 7.22 Å². The zero-order chi connectivity index (χ0) is 17.9. The van der Waals surface area contributed by atoms with E-state index in [1.165, 1.54) is 25.9 Å². The maximum Gasteiger partial charge on any atom is 0.131 e. The molecule has 0 aromatic heterocycles. The molecule has 0 saturated carbocycles. The number of piperidine rings is 1. The molecule has 24 heavy (non-hydrogen) atoms. The molecule has 0 spiro atoms. The average molecular weight is 364 g/mol. The molecule has 0 amide bonds. The van der Waals surface area contributed by atoms with Gasteiger partial charge in [-0.3, -0.25) is 0 Å². The van der Waals surface area contributed by atoms with Gasteiger partial charge >= 0.3 is 0 Å². The fourth-order valence-electron chi connectivity index (χ4n) is 4.77. The molecule has 136 valence electrons. The maximum atomic E-state index is 2.47. The Balaban J connectivity index is 2.34. The van der Waals surface area contributed by atoms with Crippen LogP contribution < -0.4 is 0 Å². The summed E-state index contributed by atoms with van der Waals surface area (Å²) in [6.45, 7) is 17.3. The first-order valence-electron chi connectivity index (χ1n) is 9.75. The average Bonchev–Trinajstić information content (AvgIpc) is 2.52. The van der Waals surface area contributed by atoms with Crippen molar-refractivity contribution in [3.05, 3.63) is 29.8 Å². The summed E-state index contributed by atoms with van der Waals surface area (Å²) in [5, 5.41) is 0. The van der Waals surface area contributed by atoms with E-state index >= 15 is 0 Å². The summed E-state index contributed by atoms with van der Waals surface area (Å²) in [6, 6.07) is 9.33. The molecule has 1 fully saturated rings. The van der Waals surface area contributed by atoms with E-state index in [1.807, 2.05) is 0 Å². The number of hydrogen-bond acceptors (Lipinski definition) is 2. The van der Waals surface area contributed by atoms with Gasteiger partial charge in [-0.1, -0.05) is 59.7 Å². The molecular weight excluding hydrogens is 326 g/mol. The number of nitrogens with zero attached hydrogens (tertiary/aromatic N) is 1. The predicted molar refractivity (Wildman–Crippen MR) is 113 cm³/mol. The highest BCUT2D eigenvalue weighted by atomic mass is 32.4. The topological polar surface area (TPSA) is 3.24 Å². The van der Waals surface area contributed by atoms with Crippen LogP contribution in [0.2, 0.25) is 16.6 Å². The SMILES string of the molecule is CC(C)[Si](Sc1ccccc1C1CCN(C)CC1)(C(C)C)C(C)C. The van der Waals surface area contributed by atoms with Crippen LogP contribution in [0.1, 0.15) is 65.9 Å². The second-order valence-corrected chi connectivity index (χ2v) is 17.1. The Morgan fingerprint density at radius 2 is 1.42 bits per heavy atom. The molecule has 2 rings (SSSR count). The van der Waals surface area contributed by atoms with Gasteiger partial charge in [0.2, 0.25) is 0 Å². The third-order valence-corrected chi connectivity index (χ3v) is 18.4. The maximum absolute atomic E-state index is 2.47. The van der Waals surface area contributed by atoms with Crippen LogP contribution >= 0.6 is 11.2 Å². The molecule has 3 heteroatoms. The van der Waals surface area contributed by atoms with E-state index in [0.717, 1.165) is 22.5 Å². The van der Waals surface area contributed by atoms with Crippen molar-refractivity contribution in [1.29, 1.82) is 0 Å². The Hall–Kier alpha value is -0.253. The molecule has 0 radical (unpaired) electrons. The summed E-state index contributed by atoms with van der Waals surface area (Å²) >= 11 is 2.31. The molecule has 1 aromatic carbocycles. The molecule has 1 heterocycles. The third kappa shape index (κ3) is 4.11. The van der Waals surface area contributed by atoms with Crippen molar-refractivity contribution >= 4 is 18.4 Å². The van der Waals surface area contributed by atoms with Crippen LogP contribution in [0, 0.1) is 0 Å². The molecule has 1 aliphatic rings. The van der Waals surface area contributed by atoms with E-state index in [9.17, 15) is 0 Å². The van der Waals surface area contributed by atoms with Crippen molar-refractivity contribution in [3.63, 3.8) is 0 Å². The van der Waals surface area contributed by atoms with Crippen LogP contribution in [0.5, 0.6) is 0 Å². The van der Waals surface area contributed by atoms with Crippen molar-refractivity contribution in [2.45, 2.75) is 81.8 Å². The summed E-state index contributed by atoms with van der Waals surface area (Å²) < 4.78 is 0. The largest absolute Gasteiger partial charge is 0.306 e. The monoisotopic (exact) mass is 363 g/mol. The van der Waals surface area contributed by atoms with Gasteiger partial charge in [-0.05, 0) is 67.2 Å². The molecule has 0 atom stereocenters. The van der Waals surface area contributed by atoms with Crippen molar-refractivity contribution in [2.75, 3.05) is 20.1 Å². The van der Waals surface area contributed by atoms with Crippen LogP contribution in [0.3, 0.4) is 0 Å². The number of hydrogen-bond donors (Lipinski definition) is 0. The van der Waals surface area contributed by atoms with E-state index in [4.69, 9.17) is 0 Å². The molecule has 1 aliphatic heterocycles. The first kappa shape index (κ1) is 20.1. The number of rotatable bonds is 6. The summed E-state index contributed by atoms with van der Waals surface area (Å²) in [4.78, 5) is 4.07. The van der Waals surface area contributed by atoms with Gasteiger partial charge in [0.15, 0.2) is 0 Å². The Morgan fingerprint density at radius 1 is 0.917 bits per heavy atom. The normalized spacial score (nSPS) is 18.1. The van der Waals surface area contributed by atoms with Crippen LogP contribution in [0.25, 0.3) is 0 Å². The summed E-state index contributed by atoms with van der Waals surface area (Å²) in [7, 11) is 0.784. The molecule has 1 saturated heterocycles. The number of likely N-dealkylation sites (tertiary alicyclic amines) is 1. The van der Waals surface area contributed by atoms with Gasteiger partial charge in [0, 0.05) is 4.90 Å².